The lowest BCUT2D eigenvalue weighted by molar-refractivity contribution is 0.520. The third kappa shape index (κ3) is 3.63. The maximum Gasteiger partial charge on any atom is 0.137 e. The van der Waals surface area contributed by atoms with Crippen LogP contribution in [0.25, 0.3) is 22.0 Å². The Labute approximate surface area is 166 Å². The Bertz CT molecular complexity index is 1010. The summed E-state index contributed by atoms with van der Waals surface area (Å²) in [7, 11) is 2.03. The molecule has 138 valence electrons. The molecule has 0 amide bonds. The van der Waals surface area contributed by atoms with E-state index in [9.17, 15) is 0 Å². The summed E-state index contributed by atoms with van der Waals surface area (Å²) in [6.07, 6.45) is 3.98. The van der Waals surface area contributed by atoms with Gasteiger partial charge >= 0.3 is 0 Å². The van der Waals surface area contributed by atoms with Crippen molar-refractivity contribution in [1.29, 1.82) is 0 Å². The molecule has 0 bridgehead atoms. The normalized spacial score (nSPS) is 12.9. The molecule has 0 saturated carbocycles. The van der Waals surface area contributed by atoms with Crippen LogP contribution >= 0.6 is 11.6 Å². The summed E-state index contributed by atoms with van der Waals surface area (Å²) in [6.45, 7) is 10.3. The van der Waals surface area contributed by atoms with Gasteiger partial charge in [0.25, 0.3) is 0 Å². The minimum absolute atomic E-state index is 0.248. The number of hydrogen-bond donors (Lipinski definition) is 0. The molecule has 3 aromatic rings. The molecule has 0 N–H and O–H groups in total. The van der Waals surface area contributed by atoms with Gasteiger partial charge in [0, 0.05) is 29.6 Å². The van der Waals surface area contributed by atoms with Crippen LogP contribution in [0.15, 0.2) is 73.1 Å². The molecular formula is C24H25ClN2. The van der Waals surface area contributed by atoms with Crippen LogP contribution in [0.5, 0.6) is 0 Å². The molecule has 0 aliphatic rings. The number of pyridine rings is 1. The van der Waals surface area contributed by atoms with E-state index in [-0.39, 0.29) is 5.92 Å². The molecule has 2 nitrogen and oxygen atoms in total. The lowest BCUT2D eigenvalue weighted by atomic mass is 9.92. The highest BCUT2D eigenvalue weighted by molar-refractivity contribution is 6.33. The highest BCUT2D eigenvalue weighted by atomic mass is 35.5. The van der Waals surface area contributed by atoms with Crippen molar-refractivity contribution in [2.24, 2.45) is 0 Å². The first-order chi connectivity index (χ1) is 13.0. The third-order valence-electron chi connectivity index (χ3n) is 5.21. The Morgan fingerprint density at radius 2 is 1.89 bits per heavy atom. The number of allylic oxidation sites excluding steroid dienone is 2. The molecule has 27 heavy (non-hydrogen) atoms. The molecule has 0 spiro atoms. The number of halogens is 1. The topological polar surface area (TPSA) is 16.1 Å². The van der Waals surface area contributed by atoms with Gasteiger partial charge in [-0.15, -0.1) is 0 Å². The molecule has 0 fully saturated rings. The van der Waals surface area contributed by atoms with Gasteiger partial charge in [0.05, 0.1) is 5.52 Å². The van der Waals surface area contributed by atoms with Gasteiger partial charge < -0.3 is 4.90 Å². The molecule has 1 atom stereocenters. The van der Waals surface area contributed by atoms with Crippen LogP contribution in [-0.2, 0) is 0 Å². The van der Waals surface area contributed by atoms with Gasteiger partial charge in [-0.05, 0) is 48.9 Å². The predicted molar refractivity (Wildman–Crippen MR) is 117 cm³/mol. The van der Waals surface area contributed by atoms with Crippen molar-refractivity contribution in [3.63, 3.8) is 0 Å². The van der Waals surface area contributed by atoms with E-state index in [0.29, 0.717) is 5.15 Å². The van der Waals surface area contributed by atoms with E-state index in [2.05, 4.69) is 73.6 Å². The van der Waals surface area contributed by atoms with Crippen molar-refractivity contribution in [2.45, 2.75) is 26.7 Å². The first kappa shape index (κ1) is 19.2. The molecule has 0 aliphatic carbocycles. The average molecular weight is 377 g/mol. The number of likely N-dealkylation sites (N-methyl/N-ethyl adjacent to an activating group) is 1. The van der Waals surface area contributed by atoms with Gasteiger partial charge in [-0.2, -0.15) is 0 Å². The highest BCUT2D eigenvalue weighted by Gasteiger charge is 2.17. The average Bonchev–Trinajstić information content (AvgIpc) is 2.69. The van der Waals surface area contributed by atoms with E-state index in [0.717, 1.165) is 27.6 Å². The maximum absolute atomic E-state index is 6.54. The molecule has 2 aromatic carbocycles. The van der Waals surface area contributed by atoms with Crippen molar-refractivity contribution in [2.75, 3.05) is 7.05 Å². The van der Waals surface area contributed by atoms with E-state index >= 15 is 0 Å². The summed E-state index contributed by atoms with van der Waals surface area (Å²) in [5, 5.41) is 1.69. The molecule has 1 aromatic heterocycles. The number of hydrogen-bond acceptors (Lipinski definition) is 2. The maximum atomic E-state index is 6.54. The van der Waals surface area contributed by atoms with Gasteiger partial charge in [-0.3, -0.25) is 0 Å². The van der Waals surface area contributed by atoms with Crippen LogP contribution in [-0.4, -0.2) is 16.9 Å². The lowest BCUT2D eigenvalue weighted by Crippen LogP contribution is -2.15. The minimum Gasteiger partial charge on any atom is -0.355 e. The molecule has 0 saturated heterocycles. The summed E-state index contributed by atoms with van der Waals surface area (Å²) in [5.74, 6) is 0.248. The van der Waals surface area contributed by atoms with Gasteiger partial charge in [-0.1, -0.05) is 67.6 Å². The molecule has 0 radical (unpaired) electrons. The fraction of sp³-hybridized carbons (Fsp3) is 0.208. The van der Waals surface area contributed by atoms with E-state index in [1.807, 2.05) is 31.4 Å². The molecular weight excluding hydrogens is 352 g/mol. The summed E-state index contributed by atoms with van der Waals surface area (Å²) >= 11 is 6.54. The Balaban J connectivity index is 2.16. The number of aryl methyl sites for hydroxylation is 1. The quantitative estimate of drug-likeness (QED) is 0.448. The Hall–Kier alpha value is -2.58. The molecule has 1 heterocycles. The van der Waals surface area contributed by atoms with Gasteiger partial charge in [0.2, 0.25) is 0 Å². The first-order valence-corrected chi connectivity index (χ1v) is 9.52. The van der Waals surface area contributed by atoms with Crippen molar-refractivity contribution < 1.29 is 0 Å². The number of fused-ring (bicyclic) bond motifs is 1. The lowest BCUT2D eigenvalue weighted by Gasteiger charge is -2.24. The molecule has 3 heteroatoms. The Morgan fingerprint density at radius 1 is 1.19 bits per heavy atom. The number of aromatic nitrogens is 1. The zero-order valence-corrected chi connectivity index (χ0v) is 17.1. The second-order valence-corrected chi connectivity index (χ2v) is 7.13. The highest BCUT2D eigenvalue weighted by Crippen LogP contribution is 2.36. The SMILES string of the molecule is C=CN(C)/C(=C\C)C(C)c1ccc2nc(Cl)c(-c3ccccc3)c(C)c2c1. The van der Waals surface area contributed by atoms with Crippen LogP contribution in [0, 0.1) is 6.92 Å². The number of nitrogens with zero attached hydrogens (tertiary/aromatic N) is 2. The fourth-order valence-corrected chi connectivity index (χ4v) is 3.99. The standard InChI is InChI=1S/C24H25ClN2/c1-6-22(27(5)7-2)16(3)19-13-14-21-20(15-19)17(4)23(24(25)26-21)18-11-9-8-10-12-18/h6-16H,2H2,1,3-5H3/b22-6-. The van der Waals surface area contributed by atoms with Crippen LogP contribution in [0.3, 0.4) is 0 Å². The monoisotopic (exact) mass is 376 g/mol. The third-order valence-corrected chi connectivity index (χ3v) is 5.48. The fourth-order valence-electron chi connectivity index (χ4n) is 3.65. The Kier molecular flexibility index (Phi) is 5.67. The van der Waals surface area contributed by atoms with Crippen LogP contribution in [0.1, 0.15) is 30.9 Å². The molecule has 3 rings (SSSR count). The number of rotatable bonds is 5. The van der Waals surface area contributed by atoms with E-state index < -0.39 is 0 Å². The van der Waals surface area contributed by atoms with E-state index in [1.165, 1.54) is 11.3 Å². The smallest absolute Gasteiger partial charge is 0.137 e. The van der Waals surface area contributed by atoms with Crippen molar-refractivity contribution >= 4 is 22.5 Å². The second kappa shape index (κ2) is 7.98. The van der Waals surface area contributed by atoms with Crippen LogP contribution < -0.4 is 0 Å². The number of benzene rings is 2. The minimum atomic E-state index is 0.248. The predicted octanol–water partition coefficient (Wildman–Crippen LogP) is 6.95. The van der Waals surface area contributed by atoms with Crippen molar-refractivity contribution in [3.8, 4) is 11.1 Å². The zero-order valence-electron chi connectivity index (χ0n) is 16.3. The summed E-state index contributed by atoms with van der Waals surface area (Å²) in [4.78, 5) is 6.72. The summed E-state index contributed by atoms with van der Waals surface area (Å²) in [6, 6.07) is 16.7. The van der Waals surface area contributed by atoms with Crippen LogP contribution in [0.4, 0.5) is 0 Å². The first-order valence-electron chi connectivity index (χ1n) is 9.14. The van der Waals surface area contributed by atoms with E-state index in [4.69, 9.17) is 11.6 Å². The van der Waals surface area contributed by atoms with Gasteiger partial charge in [-0.25, -0.2) is 4.98 Å². The van der Waals surface area contributed by atoms with Crippen molar-refractivity contribution in [3.05, 3.63) is 89.4 Å². The van der Waals surface area contributed by atoms with E-state index in [1.54, 1.807) is 0 Å². The molecule has 0 aliphatic heterocycles. The molecule has 1 unspecified atom stereocenters. The van der Waals surface area contributed by atoms with Crippen LogP contribution in [0.2, 0.25) is 5.15 Å². The largest absolute Gasteiger partial charge is 0.355 e. The van der Waals surface area contributed by atoms with Crippen molar-refractivity contribution in [1.82, 2.24) is 9.88 Å². The Morgan fingerprint density at radius 3 is 2.52 bits per heavy atom. The zero-order chi connectivity index (χ0) is 19.6. The van der Waals surface area contributed by atoms with Gasteiger partial charge in [0.1, 0.15) is 5.15 Å². The summed E-state index contributed by atoms with van der Waals surface area (Å²) in [5.41, 5.74) is 6.64. The van der Waals surface area contributed by atoms with Gasteiger partial charge in [0.15, 0.2) is 0 Å². The summed E-state index contributed by atoms with van der Waals surface area (Å²) < 4.78 is 0. The second-order valence-electron chi connectivity index (χ2n) is 6.77.